The van der Waals surface area contributed by atoms with E-state index in [1.807, 2.05) is 0 Å². The lowest BCUT2D eigenvalue weighted by molar-refractivity contribution is -0.146. The Kier molecular flexibility index (Phi) is 6.92. The summed E-state index contributed by atoms with van der Waals surface area (Å²) in [6, 6.07) is 0. The number of hydrogen-bond donors (Lipinski definition) is 0. The van der Waals surface area contributed by atoms with Crippen molar-refractivity contribution in [2.75, 3.05) is 19.8 Å². The largest absolute Gasteiger partial charge is 0.480 e. The monoisotopic (exact) mass is 266 g/mol. The number of rotatable bonds is 7. The standard InChI is InChI=1S/C11H16F2O5/c1-4-16-9(14)6-8(10(15)17-5-2)18-7-11(3,12)13/h6H,4-5,7H2,1-3H3. The van der Waals surface area contributed by atoms with Gasteiger partial charge in [-0.3, -0.25) is 0 Å². The van der Waals surface area contributed by atoms with Crippen LogP contribution in [-0.4, -0.2) is 37.7 Å². The molecule has 18 heavy (non-hydrogen) atoms. The van der Waals surface area contributed by atoms with Gasteiger partial charge in [0.1, 0.15) is 0 Å². The van der Waals surface area contributed by atoms with Gasteiger partial charge in [-0.15, -0.1) is 0 Å². The summed E-state index contributed by atoms with van der Waals surface area (Å²) in [5.41, 5.74) is 0. The molecule has 7 heteroatoms. The number of carbonyl (C=O) groups excluding carboxylic acids is 2. The van der Waals surface area contributed by atoms with E-state index in [2.05, 4.69) is 14.2 Å². The Morgan fingerprint density at radius 2 is 1.67 bits per heavy atom. The first kappa shape index (κ1) is 16.3. The van der Waals surface area contributed by atoms with Crippen molar-refractivity contribution in [2.24, 2.45) is 0 Å². The third kappa shape index (κ3) is 7.59. The number of halogens is 2. The molecule has 0 aromatic heterocycles. The molecule has 0 aromatic carbocycles. The van der Waals surface area contributed by atoms with Crippen molar-refractivity contribution in [1.82, 2.24) is 0 Å². The summed E-state index contributed by atoms with van der Waals surface area (Å²) in [6.45, 7) is 2.82. The Labute approximate surface area is 104 Å². The molecule has 0 aliphatic rings. The Bertz CT molecular complexity index is 320. The second-order valence-electron chi connectivity index (χ2n) is 3.34. The van der Waals surface area contributed by atoms with Crippen molar-refractivity contribution in [1.29, 1.82) is 0 Å². The van der Waals surface area contributed by atoms with E-state index in [1.165, 1.54) is 6.92 Å². The number of carbonyl (C=O) groups is 2. The first-order valence-corrected chi connectivity index (χ1v) is 5.36. The van der Waals surface area contributed by atoms with E-state index in [-0.39, 0.29) is 13.2 Å². The zero-order valence-corrected chi connectivity index (χ0v) is 10.5. The third-order valence-electron chi connectivity index (χ3n) is 1.49. The smallest absolute Gasteiger partial charge is 0.373 e. The van der Waals surface area contributed by atoms with E-state index < -0.39 is 30.2 Å². The minimum atomic E-state index is -3.12. The van der Waals surface area contributed by atoms with Gasteiger partial charge in [-0.05, 0) is 13.8 Å². The molecule has 0 aromatic rings. The van der Waals surface area contributed by atoms with Crippen molar-refractivity contribution in [3.8, 4) is 0 Å². The number of esters is 2. The van der Waals surface area contributed by atoms with Gasteiger partial charge in [-0.25, -0.2) is 18.4 Å². The maximum atomic E-state index is 12.6. The summed E-state index contributed by atoms with van der Waals surface area (Å²) in [5.74, 6) is -5.58. The summed E-state index contributed by atoms with van der Waals surface area (Å²) in [6.07, 6.45) is 0.688. The lowest BCUT2D eigenvalue weighted by Crippen LogP contribution is -2.22. The molecule has 0 unspecified atom stereocenters. The molecule has 0 bridgehead atoms. The number of hydrogen-bond acceptors (Lipinski definition) is 5. The van der Waals surface area contributed by atoms with Crippen LogP contribution in [0.4, 0.5) is 8.78 Å². The Balaban J connectivity index is 4.72. The van der Waals surface area contributed by atoms with Crippen molar-refractivity contribution >= 4 is 11.9 Å². The molecule has 0 heterocycles. The Morgan fingerprint density at radius 3 is 2.11 bits per heavy atom. The van der Waals surface area contributed by atoms with Gasteiger partial charge in [0.2, 0.25) is 5.76 Å². The summed E-state index contributed by atoms with van der Waals surface area (Å²) < 4.78 is 38.9. The molecule has 5 nitrogen and oxygen atoms in total. The fraction of sp³-hybridized carbons (Fsp3) is 0.636. The molecule has 0 spiro atoms. The van der Waals surface area contributed by atoms with E-state index in [0.717, 1.165) is 0 Å². The molecule has 0 N–H and O–H groups in total. The summed E-state index contributed by atoms with van der Waals surface area (Å²) in [5, 5.41) is 0. The molecule has 0 saturated carbocycles. The van der Waals surface area contributed by atoms with Gasteiger partial charge >= 0.3 is 11.9 Å². The van der Waals surface area contributed by atoms with E-state index in [1.54, 1.807) is 6.92 Å². The van der Waals surface area contributed by atoms with Gasteiger partial charge in [0.05, 0.1) is 19.3 Å². The highest BCUT2D eigenvalue weighted by molar-refractivity contribution is 5.94. The van der Waals surface area contributed by atoms with E-state index in [9.17, 15) is 18.4 Å². The average Bonchev–Trinajstić information content (AvgIpc) is 2.23. The van der Waals surface area contributed by atoms with Crippen LogP contribution in [0.1, 0.15) is 20.8 Å². The highest BCUT2D eigenvalue weighted by Gasteiger charge is 2.25. The third-order valence-corrected chi connectivity index (χ3v) is 1.49. The summed E-state index contributed by atoms with van der Waals surface area (Å²) in [4.78, 5) is 22.4. The first-order chi connectivity index (χ1) is 8.30. The Morgan fingerprint density at radius 1 is 1.11 bits per heavy atom. The molecule has 0 aliphatic heterocycles. The van der Waals surface area contributed by atoms with Crippen LogP contribution in [-0.2, 0) is 23.8 Å². The van der Waals surface area contributed by atoms with Gasteiger partial charge in [0.15, 0.2) is 6.61 Å². The lowest BCUT2D eigenvalue weighted by atomic mass is 10.4. The zero-order chi connectivity index (χ0) is 14.2. The topological polar surface area (TPSA) is 61.8 Å². The summed E-state index contributed by atoms with van der Waals surface area (Å²) in [7, 11) is 0. The first-order valence-electron chi connectivity index (χ1n) is 5.36. The van der Waals surface area contributed by atoms with Gasteiger partial charge in [-0.1, -0.05) is 0 Å². The lowest BCUT2D eigenvalue weighted by Gasteiger charge is -2.13. The Hall–Kier alpha value is -1.66. The second kappa shape index (κ2) is 7.62. The second-order valence-corrected chi connectivity index (χ2v) is 3.34. The van der Waals surface area contributed by atoms with Crippen LogP contribution < -0.4 is 0 Å². The van der Waals surface area contributed by atoms with Crippen LogP contribution in [0.5, 0.6) is 0 Å². The van der Waals surface area contributed by atoms with Crippen molar-refractivity contribution in [3.63, 3.8) is 0 Å². The fourth-order valence-electron chi connectivity index (χ4n) is 0.857. The molecule has 0 radical (unpaired) electrons. The molecule has 0 amide bonds. The quantitative estimate of drug-likeness (QED) is 0.398. The molecular weight excluding hydrogens is 250 g/mol. The van der Waals surface area contributed by atoms with Crippen LogP contribution in [0.15, 0.2) is 11.8 Å². The molecule has 0 aliphatic carbocycles. The fourth-order valence-corrected chi connectivity index (χ4v) is 0.857. The van der Waals surface area contributed by atoms with Crippen LogP contribution in [0.25, 0.3) is 0 Å². The van der Waals surface area contributed by atoms with Crippen LogP contribution in [0, 0.1) is 0 Å². The molecular formula is C11H16F2O5. The van der Waals surface area contributed by atoms with Crippen molar-refractivity contribution in [2.45, 2.75) is 26.7 Å². The van der Waals surface area contributed by atoms with Crippen molar-refractivity contribution < 1.29 is 32.6 Å². The van der Waals surface area contributed by atoms with Crippen molar-refractivity contribution in [3.05, 3.63) is 11.8 Å². The summed E-state index contributed by atoms with van der Waals surface area (Å²) >= 11 is 0. The van der Waals surface area contributed by atoms with E-state index in [4.69, 9.17) is 0 Å². The number of ether oxygens (including phenoxy) is 3. The minimum Gasteiger partial charge on any atom is -0.480 e. The maximum Gasteiger partial charge on any atom is 0.373 e. The molecule has 104 valence electrons. The normalized spacial score (nSPS) is 11.9. The van der Waals surface area contributed by atoms with Gasteiger partial charge in [-0.2, -0.15) is 0 Å². The highest BCUT2D eigenvalue weighted by atomic mass is 19.3. The van der Waals surface area contributed by atoms with Crippen LogP contribution in [0.2, 0.25) is 0 Å². The van der Waals surface area contributed by atoms with Gasteiger partial charge < -0.3 is 14.2 Å². The molecule has 0 saturated heterocycles. The van der Waals surface area contributed by atoms with Gasteiger partial charge in [0, 0.05) is 6.92 Å². The SMILES string of the molecule is CCOC(=O)C=C(OCC(C)(F)F)C(=O)OCC. The van der Waals surface area contributed by atoms with E-state index >= 15 is 0 Å². The predicted octanol–water partition coefficient (Wildman–Crippen LogP) is 1.67. The maximum absolute atomic E-state index is 12.6. The minimum absolute atomic E-state index is 0.0326. The predicted molar refractivity (Wildman–Crippen MR) is 57.9 cm³/mol. The van der Waals surface area contributed by atoms with Crippen LogP contribution >= 0.6 is 0 Å². The average molecular weight is 266 g/mol. The van der Waals surface area contributed by atoms with Crippen LogP contribution in [0.3, 0.4) is 0 Å². The van der Waals surface area contributed by atoms with Gasteiger partial charge in [0.25, 0.3) is 5.92 Å². The zero-order valence-electron chi connectivity index (χ0n) is 10.5. The molecule has 0 fully saturated rings. The number of alkyl halides is 2. The highest BCUT2D eigenvalue weighted by Crippen LogP contribution is 2.14. The van der Waals surface area contributed by atoms with E-state index in [0.29, 0.717) is 13.0 Å². The molecule has 0 atom stereocenters. The molecule has 0 rings (SSSR count).